The number of hydrogen-bond donors (Lipinski definition) is 3. The summed E-state index contributed by atoms with van der Waals surface area (Å²) < 4.78 is 5.30. The quantitative estimate of drug-likeness (QED) is 0.715. The Hall–Kier alpha value is -2.08. The summed E-state index contributed by atoms with van der Waals surface area (Å²) >= 11 is 0. The van der Waals surface area contributed by atoms with Crippen LogP contribution in [0.4, 0.5) is 11.4 Å². The van der Waals surface area contributed by atoms with E-state index in [1.54, 1.807) is 18.2 Å². The summed E-state index contributed by atoms with van der Waals surface area (Å²) in [6.45, 7) is -0.0814. The second kappa shape index (κ2) is 9.27. The van der Waals surface area contributed by atoms with Crippen LogP contribution in [0.15, 0.2) is 18.2 Å². The fourth-order valence-electron chi connectivity index (χ4n) is 3.11. The SMILES string of the molecule is COc1cc(NC(=O)CN)ccc1NC(=O)CCC1CCCCC1. The Morgan fingerprint density at radius 3 is 2.58 bits per heavy atom. The highest BCUT2D eigenvalue weighted by Gasteiger charge is 2.16. The summed E-state index contributed by atoms with van der Waals surface area (Å²) in [6.07, 6.45) is 7.86. The van der Waals surface area contributed by atoms with Crippen LogP contribution in [0.3, 0.4) is 0 Å². The molecule has 0 bridgehead atoms. The predicted molar refractivity (Wildman–Crippen MR) is 95.1 cm³/mol. The molecule has 6 heteroatoms. The highest BCUT2D eigenvalue weighted by Crippen LogP contribution is 2.30. The van der Waals surface area contributed by atoms with E-state index in [-0.39, 0.29) is 18.4 Å². The third-order valence-electron chi connectivity index (χ3n) is 4.45. The monoisotopic (exact) mass is 333 g/mol. The van der Waals surface area contributed by atoms with Crippen molar-refractivity contribution in [2.75, 3.05) is 24.3 Å². The van der Waals surface area contributed by atoms with E-state index < -0.39 is 0 Å². The maximum atomic E-state index is 12.2. The summed E-state index contributed by atoms with van der Waals surface area (Å²) in [5.41, 5.74) is 6.47. The Morgan fingerprint density at radius 1 is 1.17 bits per heavy atom. The normalized spacial score (nSPS) is 14.9. The predicted octanol–water partition coefficient (Wildman–Crippen LogP) is 2.89. The average molecular weight is 333 g/mol. The summed E-state index contributed by atoms with van der Waals surface area (Å²) in [5, 5.41) is 5.55. The van der Waals surface area contributed by atoms with E-state index in [0.29, 0.717) is 29.5 Å². The molecule has 6 nitrogen and oxygen atoms in total. The highest BCUT2D eigenvalue weighted by molar-refractivity contribution is 5.95. The highest BCUT2D eigenvalue weighted by atomic mass is 16.5. The molecule has 1 aliphatic rings. The molecule has 2 rings (SSSR count). The molecule has 0 atom stereocenters. The van der Waals surface area contributed by atoms with Gasteiger partial charge in [0.05, 0.1) is 19.3 Å². The van der Waals surface area contributed by atoms with Crippen molar-refractivity contribution in [3.8, 4) is 5.75 Å². The second-order valence-electron chi connectivity index (χ2n) is 6.26. The van der Waals surface area contributed by atoms with Crippen molar-refractivity contribution in [2.45, 2.75) is 44.9 Å². The third kappa shape index (κ3) is 5.53. The third-order valence-corrected chi connectivity index (χ3v) is 4.45. The lowest BCUT2D eigenvalue weighted by Crippen LogP contribution is -2.21. The largest absolute Gasteiger partial charge is 0.494 e. The summed E-state index contributed by atoms with van der Waals surface area (Å²) in [5.74, 6) is 0.912. The van der Waals surface area contributed by atoms with Crippen LogP contribution in [0, 0.1) is 5.92 Å². The molecule has 1 aliphatic carbocycles. The van der Waals surface area contributed by atoms with Crippen LogP contribution in [-0.2, 0) is 9.59 Å². The van der Waals surface area contributed by atoms with Crippen molar-refractivity contribution in [3.05, 3.63) is 18.2 Å². The minimum Gasteiger partial charge on any atom is -0.494 e. The first-order valence-corrected chi connectivity index (χ1v) is 8.60. The van der Waals surface area contributed by atoms with Crippen LogP contribution in [-0.4, -0.2) is 25.5 Å². The number of rotatable bonds is 7. The number of hydrogen-bond acceptors (Lipinski definition) is 4. The van der Waals surface area contributed by atoms with Gasteiger partial charge in [-0.3, -0.25) is 9.59 Å². The first kappa shape index (κ1) is 18.3. The molecule has 24 heavy (non-hydrogen) atoms. The molecular formula is C18H27N3O3. The molecule has 0 aromatic heterocycles. The van der Waals surface area contributed by atoms with Gasteiger partial charge in [0.1, 0.15) is 5.75 Å². The van der Waals surface area contributed by atoms with E-state index in [1.165, 1.54) is 39.2 Å². The molecule has 1 aromatic rings. The molecule has 0 spiro atoms. The molecule has 0 saturated heterocycles. The van der Waals surface area contributed by atoms with Crippen molar-refractivity contribution in [1.29, 1.82) is 0 Å². The van der Waals surface area contributed by atoms with E-state index in [9.17, 15) is 9.59 Å². The van der Waals surface area contributed by atoms with Crippen LogP contribution in [0.25, 0.3) is 0 Å². The van der Waals surface area contributed by atoms with E-state index in [0.717, 1.165) is 6.42 Å². The first-order chi connectivity index (χ1) is 11.6. The fourth-order valence-corrected chi connectivity index (χ4v) is 3.11. The Bertz CT molecular complexity index is 569. The van der Waals surface area contributed by atoms with Crippen molar-refractivity contribution >= 4 is 23.2 Å². The van der Waals surface area contributed by atoms with Gasteiger partial charge in [-0.1, -0.05) is 32.1 Å². The molecule has 0 aliphatic heterocycles. The van der Waals surface area contributed by atoms with Crippen LogP contribution in [0.1, 0.15) is 44.9 Å². The summed E-state index contributed by atoms with van der Waals surface area (Å²) in [7, 11) is 1.53. The maximum Gasteiger partial charge on any atom is 0.238 e. The number of methoxy groups -OCH3 is 1. The number of amides is 2. The zero-order valence-corrected chi connectivity index (χ0v) is 14.3. The van der Waals surface area contributed by atoms with E-state index >= 15 is 0 Å². The van der Waals surface area contributed by atoms with E-state index in [1.807, 2.05) is 0 Å². The maximum absolute atomic E-state index is 12.2. The Kier molecular flexibility index (Phi) is 7.06. The average Bonchev–Trinajstić information content (AvgIpc) is 2.62. The van der Waals surface area contributed by atoms with Crippen LogP contribution < -0.4 is 21.1 Å². The van der Waals surface area contributed by atoms with Gasteiger partial charge in [-0.25, -0.2) is 0 Å². The van der Waals surface area contributed by atoms with Crippen molar-refractivity contribution in [2.24, 2.45) is 11.7 Å². The molecule has 1 saturated carbocycles. The standard InChI is InChI=1S/C18H27N3O3/c1-24-16-11-14(20-18(23)12-19)8-9-15(16)21-17(22)10-7-13-5-3-2-4-6-13/h8-9,11,13H,2-7,10,12,19H2,1H3,(H,20,23)(H,21,22). The van der Waals surface area contributed by atoms with Crippen LogP contribution >= 0.6 is 0 Å². The van der Waals surface area contributed by atoms with Crippen LogP contribution in [0.5, 0.6) is 5.75 Å². The Balaban J connectivity index is 1.90. The van der Waals surface area contributed by atoms with Gasteiger partial charge in [-0.05, 0) is 24.5 Å². The molecule has 132 valence electrons. The van der Waals surface area contributed by atoms with Gasteiger partial charge in [0.15, 0.2) is 0 Å². The van der Waals surface area contributed by atoms with Crippen molar-refractivity contribution < 1.29 is 14.3 Å². The zero-order chi connectivity index (χ0) is 17.4. The lowest BCUT2D eigenvalue weighted by molar-refractivity contribution is -0.116. The molecule has 0 radical (unpaired) electrons. The Labute approximate surface area is 143 Å². The first-order valence-electron chi connectivity index (χ1n) is 8.60. The Morgan fingerprint density at radius 2 is 1.92 bits per heavy atom. The smallest absolute Gasteiger partial charge is 0.238 e. The minimum absolute atomic E-state index is 0.00221. The topological polar surface area (TPSA) is 93.4 Å². The van der Waals surface area contributed by atoms with Gasteiger partial charge in [0.25, 0.3) is 0 Å². The van der Waals surface area contributed by atoms with Crippen LogP contribution in [0.2, 0.25) is 0 Å². The van der Waals surface area contributed by atoms with E-state index in [4.69, 9.17) is 10.5 Å². The summed E-state index contributed by atoms with van der Waals surface area (Å²) in [6, 6.07) is 5.11. The minimum atomic E-state index is -0.277. The molecule has 1 aromatic carbocycles. The van der Waals surface area contributed by atoms with Gasteiger partial charge >= 0.3 is 0 Å². The number of nitrogens with two attached hydrogens (primary N) is 1. The lowest BCUT2D eigenvalue weighted by Gasteiger charge is -2.21. The molecule has 0 unspecified atom stereocenters. The van der Waals surface area contributed by atoms with Crippen molar-refractivity contribution in [1.82, 2.24) is 0 Å². The van der Waals surface area contributed by atoms with Gasteiger partial charge in [-0.2, -0.15) is 0 Å². The number of carbonyl (C=O) groups is 2. The molecule has 4 N–H and O–H groups in total. The van der Waals surface area contributed by atoms with Gasteiger partial charge < -0.3 is 21.1 Å². The number of anilines is 2. The van der Waals surface area contributed by atoms with Gasteiger partial charge in [-0.15, -0.1) is 0 Å². The molecule has 2 amide bonds. The number of nitrogens with one attached hydrogen (secondary N) is 2. The number of benzene rings is 1. The summed E-state index contributed by atoms with van der Waals surface area (Å²) in [4.78, 5) is 23.5. The van der Waals surface area contributed by atoms with E-state index in [2.05, 4.69) is 10.6 Å². The number of carbonyl (C=O) groups excluding carboxylic acids is 2. The zero-order valence-electron chi connectivity index (χ0n) is 14.3. The van der Waals surface area contributed by atoms with Gasteiger partial charge in [0.2, 0.25) is 11.8 Å². The number of ether oxygens (including phenoxy) is 1. The molecule has 0 heterocycles. The lowest BCUT2D eigenvalue weighted by atomic mass is 9.86. The molecular weight excluding hydrogens is 306 g/mol. The fraction of sp³-hybridized carbons (Fsp3) is 0.556. The molecule has 1 fully saturated rings. The van der Waals surface area contributed by atoms with Crippen molar-refractivity contribution in [3.63, 3.8) is 0 Å². The second-order valence-corrected chi connectivity index (χ2v) is 6.26. The van der Waals surface area contributed by atoms with Gasteiger partial charge in [0, 0.05) is 18.2 Å².